The standard InChI is InChI=1S/C9H14O.C3H8O.C2H6O2.2CHNO/c1-7-4-8(10)6-9(2,3)5-7;1-3(2)4;3-1-2-4;2*2-1-3/h4H,5-6H2,1-3H3;3-4H,1-2H3;3-4H,1-2H2;2*2H. The predicted octanol–water partition coefficient (Wildman–Crippen LogP) is 1.48. The van der Waals surface area contributed by atoms with E-state index >= 15 is 0 Å². The quantitative estimate of drug-likeness (QED) is 0.357. The third-order valence-corrected chi connectivity index (χ3v) is 1.92. The molecule has 0 saturated carbocycles. The van der Waals surface area contributed by atoms with Gasteiger partial charge in [-0.3, -0.25) is 4.79 Å². The van der Waals surface area contributed by atoms with Gasteiger partial charge in [0.25, 0.3) is 0 Å². The summed E-state index contributed by atoms with van der Waals surface area (Å²) in [6, 6.07) is 0. The number of carbonyl (C=O) groups is 1. The van der Waals surface area contributed by atoms with Gasteiger partial charge in [-0.15, -0.1) is 0 Å². The maximum Gasteiger partial charge on any atom is 0.231 e. The van der Waals surface area contributed by atoms with E-state index in [4.69, 9.17) is 35.7 Å². The number of allylic oxidation sites excluding steroid dienone is 2. The summed E-state index contributed by atoms with van der Waals surface area (Å²) in [6.07, 6.45) is 4.88. The molecule has 0 bridgehead atoms. The van der Waals surface area contributed by atoms with Gasteiger partial charge in [-0.1, -0.05) is 19.4 Å². The van der Waals surface area contributed by atoms with Crippen LogP contribution >= 0.6 is 0 Å². The highest BCUT2D eigenvalue weighted by Gasteiger charge is 2.25. The topological polar surface area (TPSA) is 160 Å². The van der Waals surface area contributed by atoms with E-state index in [9.17, 15) is 4.79 Å². The lowest BCUT2D eigenvalue weighted by Crippen LogP contribution is -2.20. The summed E-state index contributed by atoms with van der Waals surface area (Å²) in [7, 11) is 0. The fourth-order valence-corrected chi connectivity index (χ4v) is 1.67. The highest BCUT2D eigenvalue weighted by molar-refractivity contribution is 5.91. The van der Waals surface area contributed by atoms with E-state index in [1.54, 1.807) is 19.9 Å². The van der Waals surface area contributed by atoms with Crippen molar-refractivity contribution in [2.75, 3.05) is 13.2 Å². The normalized spacial score (nSPS) is 13.5. The molecule has 0 aromatic rings. The molecule has 24 heavy (non-hydrogen) atoms. The number of rotatable bonds is 1. The second-order valence-electron chi connectivity index (χ2n) is 5.72. The van der Waals surface area contributed by atoms with E-state index in [0.29, 0.717) is 6.42 Å². The summed E-state index contributed by atoms with van der Waals surface area (Å²) >= 11 is 0. The number of isocyanates is 2. The number of aliphatic hydroxyl groups is 3. The van der Waals surface area contributed by atoms with Gasteiger partial charge >= 0.3 is 0 Å². The lowest BCUT2D eigenvalue weighted by Gasteiger charge is -2.27. The first-order chi connectivity index (χ1) is 11.0. The molecule has 0 heterocycles. The van der Waals surface area contributed by atoms with Crippen LogP contribution in [0.5, 0.6) is 0 Å². The zero-order chi connectivity index (χ0) is 20.2. The molecule has 0 aromatic carbocycles. The fourth-order valence-electron chi connectivity index (χ4n) is 1.67. The van der Waals surface area contributed by atoms with Gasteiger partial charge in [-0.05, 0) is 38.7 Å². The smallest absolute Gasteiger partial charge is 0.231 e. The zero-order valence-electron chi connectivity index (χ0n) is 15.0. The van der Waals surface area contributed by atoms with Crippen LogP contribution in [-0.2, 0) is 14.4 Å². The van der Waals surface area contributed by atoms with E-state index in [1.807, 2.05) is 6.92 Å². The zero-order valence-corrected chi connectivity index (χ0v) is 15.0. The van der Waals surface area contributed by atoms with Crippen LogP contribution in [-0.4, -0.2) is 52.6 Å². The summed E-state index contributed by atoms with van der Waals surface area (Å²) in [5.74, 6) is 0.286. The van der Waals surface area contributed by atoms with Crippen LogP contribution in [0, 0.1) is 16.2 Å². The highest BCUT2D eigenvalue weighted by atomic mass is 16.3. The monoisotopic (exact) mass is 346 g/mol. The molecular formula is C16H30N2O6. The van der Waals surface area contributed by atoms with E-state index in [1.165, 1.54) is 5.57 Å². The van der Waals surface area contributed by atoms with Crippen LogP contribution in [0.25, 0.3) is 0 Å². The summed E-state index contributed by atoms with van der Waals surface area (Å²) in [4.78, 5) is 27.7. The summed E-state index contributed by atoms with van der Waals surface area (Å²) in [5.41, 5.74) is 1.43. The van der Waals surface area contributed by atoms with Crippen molar-refractivity contribution in [3.05, 3.63) is 11.6 Å². The third kappa shape index (κ3) is 42.7. The third-order valence-electron chi connectivity index (χ3n) is 1.92. The van der Waals surface area contributed by atoms with Gasteiger partial charge in [0.05, 0.1) is 13.2 Å². The highest BCUT2D eigenvalue weighted by Crippen LogP contribution is 2.32. The molecule has 140 valence electrons. The molecule has 0 spiro atoms. The van der Waals surface area contributed by atoms with Gasteiger partial charge < -0.3 is 15.3 Å². The first-order valence-electron chi connectivity index (χ1n) is 7.15. The number of nitrogens with one attached hydrogen (secondary N) is 2. The largest absolute Gasteiger partial charge is 0.394 e. The van der Waals surface area contributed by atoms with Crippen molar-refractivity contribution >= 4 is 17.9 Å². The Morgan fingerprint density at radius 3 is 1.58 bits per heavy atom. The van der Waals surface area contributed by atoms with Crippen molar-refractivity contribution in [2.24, 2.45) is 5.41 Å². The molecule has 8 nitrogen and oxygen atoms in total. The maximum atomic E-state index is 11.0. The van der Waals surface area contributed by atoms with Crippen molar-refractivity contribution in [3.63, 3.8) is 0 Å². The van der Waals surface area contributed by atoms with Crippen molar-refractivity contribution in [2.45, 2.75) is 53.6 Å². The molecule has 5 N–H and O–H groups in total. The molecule has 0 fully saturated rings. The van der Waals surface area contributed by atoms with Gasteiger partial charge in [-0.2, -0.15) is 0 Å². The van der Waals surface area contributed by atoms with Gasteiger partial charge in [0.2, 0.25) is 12.2 Å². The van der Waals surface area contributed by atoms with Gasteiger partial charge in [0.15, 0.2) is 5.78 Å². The Bertz CT molecular complexity index is 388. The Labute approximate surface area is 143 Å². The summed E-state index contributed by atoms with van der Waals surface area (Å²) < 4.78 is 0. The predicted molar refractivity (Wildman–Crippen MR) is 90.1 cm³/mol. The maximum absolute atomic E-state index is 11.0. The van der Waals surface area contributed by atoms with Crippen LogP contribution in [0.2, 0.25) is 0 Å². The van der Waals surface area contributed by atoms with Crippen molar-refractivity contribution in [1.29, 1.82) is 10.8 Å². The molecule has 0 saturated heterocycles. The molecule has 1 aliphatic rings. The van der Waals surface area contributed by atoms with Crippen molar-refractivity contribution < 1.29 is 29.7 Å². The minimum absolute atomic E-state index is 0.125. The fraction of sp³-hybridized carbons (Fsp3) is 0.688. The number of hydrogen-bond donors (Lipinski definition) is 5. The van der Waals surface area contributed by atoms with Crippen molar-refractivity contribution in [1.82, 2.24) is 0 Å². The SMILES string of the molecule is CC(C)O.CC1=CC(=O)CC(C)(C)C1.N=C=O.N=C=O.OCCO. The molecule has 8 heteroatoms. The number of hydrogen-bond acceptors (Lipinski definition) is 8. The van der Waals surface area contributed by atoms with Gasteiger partial charge in [-0.25, -0.2) is 20.4 Å². The molecule has 0 unspecified atom stereocenters. The molecule has 1 rings (SSSR count). The Balaban J connectivity index is -0.000000120. The molecule has 0 aliphatic heterocycles. The Kier molecular flexibility index (Phi) is 26.3. The van der Waals surface area contributed by atoms with E-state index < -0.39 is 0 Å². The minimum Gasteiger partial charge on any atom is -0.394 e. The van der Waals surface area contributed by atoms with E-state index in [-0.39, 0.29) is 30.5 Å². The van der Waals surface area contributed by atoms with Crippen LogP contribution < -0.4 is 0 Å². The van der Waals surface area contributed by atoms with Crippen molar-refractivity contribution in [3.8, 4) is 0 Å². The lowest BCUT2D eigenvalue weighted by molar-refractivity contribution is -0.117. The summed E-state index contributed by atoms with van der Waals surface area (Å²) in [6.45, 7) is 9.50. The lowest BCUT2D eigenvalue weighted by atomic mass is 9.77. The Morgan fingerprint density at radius 2 is 1.42 bits per heavy atom. The molecule has 0 atom stereocenters. The molecule has 0 aromatic heterocycles. The number of ketones is 1. The molecule has 0 amide bonds. The average Bonchev–Trinajstić information content (AvgIpc) is 2.37. The van der Waals surface area contributed by atoms with E-state index in [0.717, 1.165) is 18.6 Å². The van der Waals surface area contributed by atoms with Crippen LogP contribution in [0.1, 0.15) is 47.5 Å². The Hall–Kier alpha value is -1.95. The second-order valence-corrected chi connectivity index (χ2v) is 5.72. The van der Waals surface area contributed by atoms with Gasteiger partial charge in [0.1, 0.15) is 0 Å². The molecular weight excluding hydrogens is 316 g/mol. The van der Waals surface area contributed by atoms with E-state index in [2.05, 4.69) is 13.8 Å². The van der Waals surface area contributed by atoms with Crippen LogP contribution in [0.15, 0.2) is 11.6 Å². The first-order valence-corrected chi connectivity index (χ1v) is 7.15. The summed E-state index contributed by atoms with van der Waals surface area (Å²) in [5, 5.41) is 34.1. The Morgan fingerprint density at radius 1 is 1.12 bits per heavy atom. The second kappa shape index (κ2) is 21.0. The molecule has 1 aliphatic carbocycles. The average molecular weight is 346 g/mol. The first kappa shape index (κ1) is 30.0. The minimum atomic E-state index is -0.167. The molecule has 0 radical (unpaired) electrons. The van der Waals surface area contributed by atoms with Crippen LogP contribution in [0.3, 0.4) is 0 Å². The van der Waals surface area contributed by atoms with Gasteiger partial charge in [0, 0.05) is 12.5 Å². The van der Waals surface area contributed by atoms with Crippen LogP contribution in [0.4, 0.5) is 0 Å². The number of carbonyl (C=O) groups excluding carboxylic acids is 3. The number of aliphatic hydroxyl groups excluding tert-OH is 3.